The maximum absolute atomic E-state index is 12.2. The minimum atomic E-state index is -0.129. The van der Waals surface area contributed by atoms with E-state index in [1.807, 2.05) is 12.1 Å². The molecule has 1 aliphatic rings. The summed E-state index contributed by atoms with van der Waals surface area (Å²) in [4.78, 5) is 14.0. The van der Waals surface area contributed by atoms with Crippen LogP contribution < -0.4 is 5.73 Å². The van der Waals surface area contributed by atoms with Gasteiger partial charge in [0, 0.05) is 24.6 Å². The second-order valence-corrected chi connectivity index (χ2v) is 5.02. The minimum Gasteiger partial charge on any atom is -0.387 e. The average molecular weight is 260 g/mol. The fourth-order valence-electron chi connectivity index (χ4n) is 2.16. The molecule has 0 saturated carbocycles. The molecule has 1 aromatic heterocycles. The molecule has 0 saturated heterocycles. The Labute approximate surface area is 108 Å². The Morgan fingerprint density at radius 2 is 2.11 bits per heavy atom. The van der Waals surface area contributed by atoms with E-state index in [0.29, 0.717) is 18.1 Å². The summed E-state index contributed by atoms with van der Waals surface area (Å²) in [6.45, 7) is 1.32. The number of aromatic nitrogens is 2. The van der Waals surface area contributed by atoms with Gasteiger partial charge in [0.1, 0.15) is 5.00 Å². The van der Waals surface area contributed by atoms with Crippen molar-refractivity contribution in [1.82, 2.24) is 14.5 Å². The number of nitrogens with zero attached hydrogens (tertiary/aromatic N) is 3. The summed E-state index contributed by atoms with van der Waals surface area (Å²) < 4.78 is 3.70. The number of amides is 1. The van der Waals surface area contributed by atoms with Crippen molar-refractivity contribution in [3.8, 4) is 0 Å². The van der Waals surface area contributed by atoms with Crippen LogP contribution in [0.15, 0.2) is 24.3 Å². The van der Waals surface area contributed by atoms with Crippen LogP contribution in [-0.2, 0) is 13.0 Å². The van der Waals surface area contributed by atoms with Crippen LogP contribution in [0.2, 0.25) is 0 Å². The van der Waals surface area contributed by atoms with Gasteiger partial charge < -0.3 is 10.6 Å². The Morgan fingerprint density at radius 3 is 2.83 bits per heavy atom. The third-order valence-corrected chi connectivity index (χ3v) is 3.69. The molecule has 5 nitrogen and oxygen atoms in total. The number of benzene rings is 1. The number of carbonyl (C=O) groups is 1. The largest absolute Gasteiger partial charge is 0.387 e. The monoisotopic (exact) mass is 260 g/mol. The number of nitrogens with two attached hydrogens (primary N) is 1. The first-order valence-corrected chi connectivity index (χ1v) is 6.47. The molecule has 18 heavy (non-hydrogen) atoms. The van der Waals surface area contributed by atoms with Gasteiger partial charge in [-0.25, -0.2) is 0 Å². The molecule has 0 unspecified atom stereocenters. The van der Waals surface area contributed by atoms with E-state index >= 15 is 0 Å². The van der Waals surface area contributed by atoms with Gasteiger partial charge in [-0.2, -0.15) is 0 Å². The number of rotatable bonds is 1. The van der Waals surface area contributed by atoms with E-state index in [9.17, 15) is 4.79 Å². The first-order valence-electron chi connectivity index (χ1n) is 5.69. The fourth-order valence-corrected chi connectivity index (χ4v) is 2.59. The van der Waals surface area contributed by atoms with Crippen LogP contribution in [0.5, 0.6) is 0 Å². The normalized spacial score (nSPS) is 14.3. The molecule has 2 heterocycles. The van der Waals surface area contributed by atoms with Crippen molar-refractivity contribution in [3.63, 3.8) is 0 Å². The van der Waals surface area contributed by atoms with Gasteiger partial charge >= 0.3 is 0 Å². The zero-order valence-electron chi connectivity index (χ0n) is 9.67. The summed E-state index contributed by atoms with van der Waals surface area (Å²) in [7, 11) is 0. The lowest BCUT2D eigenvalue weighted by Crippen LogP contribution is -2.36. The molecule has 0 bridgehead atoms. The molecule has 92 valence electrons. The molecule has 2 aromatic rings. The standard InChI is InChI=1S/C12H12N4OS/c13-11-10(14-15-18-11)12(17)16-6-5-8-3-1-2-4-9(8)7-16/h1-4H,5-7,13H2. The van der Waals surface area contributed by atoms with Crippen molar-refractivity contribution in [2.45, 2.75) is 13.0 Å². The summed E-state index contributed by atoms with van der Waals surface area (Å²) in [6, 6.07) is 8.18. The van der Waals surface area contributed by atoms with E-state index in [1.54, 1.807) is 4.90 Å². The Hall–Kier alpha value is -1.95. The molecule has 0 radical (unpaired) electrons. The maximum atomic E-state index is 12.2. The van der Waals surface area contributed by atoms with Crippen molar-refractivity contribution in [3.05, 3.63) is 41.1 Å². The summed E-state index contributed by atoms with van der Waals surface area (Å²) in [5.41, 5.74) is 8.47. The predicted octanol–water partition coefficient (Wildman–Crippen LogP) is 1.32. The summed E-state index contributed by atoms with van der Waals surface area (Å²) in [6.07, 6.45) is 0.874. The molecular weight excluding hydrogens is 248 g/mol. The second-order valence-electron chi connectivity index (χ2n) is 4.23. The van der Waals surface area contributed by atoms with E-state index in [2.05, 4.69) is 21.7 Å². The van der Waals surface area contributed by atoms with Crippen LogP contribution in [0.3, 0.4) is 0 Å². The quantitative estimate of drug-likeness (QED) is 0.839. The highest BCUT2D eigenvalue weighted by atomic mass is 32.1. The highest BCUT2D eigenvalue weighted by Gasteiger charge is 2.25. The molecule has 3 rings (SSSR count). The van der Waals surface area contributed by atoms with Gasteiger partial charge in [0.15, 0.2) is 5.69 Å². The number of hydrogen-bond acceptors (Lipinski definition) is 5. The van der Waals surface area contributed by atoms with Gasteiger partial charge in [-0.3, -0.25) is 4.79 Å². The third-order valence-electron chi connectivity index (χ3n) is 3.13. The Morgan fingerprint density at radius 1 is 1.33 bits per heavy atom. The Bertz CT molecular complexity index is 595. The van der Waals surface area contributed by atoms with Crippen molar-refractivity contribution < 1.29 is 4.79 Å². The van der Waals surface area contributed by atoms with E-state index in [4.69, 9.17) is 5.73 Å². The maximum Gasteiger partial charge on any atom is 0.277 e. The van der Waals surface area contributed by atoms with Gasteiger partial charge in [-0.1, -0.05) is 28.8 Å². The number of fused-ring (bicyclic) bond motifs is 1. The van der Waals surface area contributed by atoms with Crippen LogP contribution in [0.25, 0.3) is 0 Å². The van der Waals surface area contributed by atoms with Gasteiger partial charge in [-0.15, -0.1) is 5.10 Å². The van der Waals surface area contributed by atoms with Crippen molar-refractivity contribution in [2.24, 2.45) is 0 Å². The lowest BCUT2D eigenvalue weighted by molar-refractivity contribution is 0.0730. The third kappa shape index (κ3) is 1.84. The smallest absolute Gasteiger partial charge is 0.277 e. The molecule has 2 N–H and O–H groups in total. The van der Waals surface area contributed by atoms with Gasteiger partial charge in [0.05, 0.1) is 0 Å². The molecule has 0 spiro atoms. The molecular formula is C12H12N4OS. The molecule has 6 heteroatoms. The first-order chi connectivity index (χ1) is 8.75. The Kier molecular flexibility index (Phi) is 2.71. The van der Waals surface area contributed by atoms with Crippen molar-refractivity contribution in [2.75, 3.05) is 12.3 Å². The van der Waals surface area contributed by atoms with E-state index in [1.165, 1.54) is 11.1 Å². The minimum absolute atomic E-state index is 0.129. The van der Waals surface area contributed by atoms with Gasteiger partial charge in [0.2, 0.25) is 0 Å². The summed E-state index contributed by atoms with van der Waals surface area (Å²) in [5.74, 6) is -0.129. The topological polar surface area (TPSA) is 72.1 Å². The number of carbonyl (C=O) groups excluding carboxylic acids is 1. The fraction of sp³-hybridized carbons (Fsp3) is 0.250. The molecule has 0 atom stereocenters. The summed E-state index contributed by atoms with van der Waals surface area (Å²) in [5, 5.41) is 4.19. The predicted molar refractivity (Wildman–Crippen MR) is 69.2 cm³/mol. The van der Waals surface area contributed by atoms with Crippen LogP contribution in [0, 0.1) is 0 Å². The SMILES string of the molecule is Nc1snnc1C(=O)N1CCc2ccccc2C1. The molecule has 1 aromatic carbocycles. The lowest BCUT2D eigenvalue weighted by Gasteiger charge is -2.28. The van der Waals surface area contributed by atoms with Crippen LogP contribution in [0.4, 0.5) is 5.00 Å². The first kappa shape index (κ1) is 11.2. The second kappa shape index (κ2) is 4.38. The molecule has 1 amide bonds. The zero-order chi connectivity index (χ0) is 12.5. The number of nitrogen functional groups attached to an aromatic ring is 1. The zero-order valence-corrected chi connectivity index (χ0v) is 10.5. The van der Waals surface area contributed by atoms with Crippen LogP contribution >= 0.6 is 11.5 Å². The highest BCUT2D eigenvalue weighted by Crippen LogP contribution is 2.22. The van der Waals surface area contributed by atoms with E-state index in [-0.39, 0.29) is 11.6 Å². The molecule has 0 aliphatic carbocycles. The van der Waals surface area contributed by atoms with Crippen LogP contribution in [0.1, 0.15) is 21.6 Å². The number of hydrogen-bond donors (Lipinski definition) is 1. The van der Waals surface area contributed by atoms with Gasteiger partial charge in [-0.05, 0) is 17.5 Å². The van der Waals surface area contributed by atoms with Crippen molar-refractivity contribution >= 4 is 22.4 Å². The lowest BCUT2D eigenvalue weighted by atomic mass is 10.00. The van der Waals surface area contributed by atoms with Gasteiger partial charge in [0.25, 0.3) is 5.91 Å². The number of anilines is 1. The van der Waals surface area contributed by atoms with Crippen LogP contribution in [-0.4, -0.2) is 26.9 Å². The molecule has 1 aliphatic heterocycles. The average Bonchev–Trinajstić information content (AvgIpc) is 2.83. The summed E-state index contributed by atoms with van der Waals surface area (Å²) >= 11 is 1.05. The molecule has 0 fully saturated rings. The van der Waals surface area contributed by atoms with E-state index < -0.39 is 0 Å². The highest BCUT2D eigenvalue weighted by molar-refractivity contribution is 7.10. The van der Waals surface area contributed by atoms with Crippen molar-refractivity contribution in [1.29, 1.82) is 0 Å². The Balaban J connectivity index is 1.84. The van der Waals surface area contributed by atoms with E-state index in [0.717, 1.165) is 18.0 Å².